The molecule has 18 nitrogen and oxygen atoms in total. The summed E-state index contributed by atoms with van der Waals surface area (Å²) in [7, 11) is 0. The Morgan fingerprint density at radius 2 is 0.769 bits per heavy atom. The highest BCUT2D eigenvalue weighted by Crippen LogP contribution is 2.19. The normalized spacial score (nSPS) is 15.8. The Labute approximate surface area is 302 Å². The molecule has 6 N–H and O–H groups in total. The largest absolute Gasteiger partial charge is 0.460 e. The van der Waals surface area contributed by atoms with Crippen LogP contribution in [0.5, 0.6) is 0 Å². The van der Waals surface area contributed by atoms with Crippen molar-refractivity contribution in [1.29, 1.82) is 0 Å². The van der Waals surface area contributed by atoms with E-state index in [2.05, 4.69) is 26.3 Å². The van der Waals surface area contributed by atoms with Crippen LogP contribution in [0.4, 0.5) is 0 Å². The number of carbonyl (C=O) groups excluding carboxylic acids is 4. The average Bonchev–Trinajstić information content (AvgIpc) is 3.09. The number of esters is 4. The summed E-state index contributed by atoms with van der Waals surface area (Å²) in [6, 6.07) is 0. The van der Waals surface area contributed by atoms with Gasteiger partial charge >= 0.3 is 23.9 Å². The number of ether oxygens (including phenoxy) is 8. The summed E-state index contributed by atoms with van der Waals surface area (Å²) in [4.78, 5) is 47.1. The van der Waals surface area contributed by atoms with Gasteiger partial charge in [-0.1, -0.05) is 26.3 Å². The summed E-state index contributed by atoms with van der Waals surface area (Å²) in [5, 5.41) is 62.4. The summed E-state index contributed by atoms with van der Waals surface area (Å²) in [5.41, 5.74) is 0.298. The number of carbonyl (C=O) groups is 4. The van der Waals surface area contributed by atoms with Gasteiger partial charge in [0.05, 0.1) is 39.6 Å². The maximum Gasteiger partial charge on any atom is 0.333 e. The van der Waals surface area contributed by atoms with Crippen LogP contribution in [-0.2, 0) is 57.1 Å². The lowest BCUT2D eigenvalue weighted by Crippen LogP contribution is -2.53. The molecule has 0 aliphatic heterocycles. The quantitative estimate of drug-likeness (QED) is 0.0287. The van der Waals surface area contributed by atoms with Gasteiger partial charge < -0.3 is 68.5 Å². The first kappa shape index (κ1) is 48.4. The van der Waals surface area contributed by atoms with Crippen molar-refractivity contribution >= 4 is 23.9 Å². The van der Waals surface area contributed by atoms with Crippen LogP contribution in [0, 0.1) is 0 Å². The van der Waals surface area contributed by atoms with Gasteiger partial charge in [-0.2, -0.15) is 0 Å². The van der Waals surface area contributed by atoms with Crippen molar-refractivity contribution in [2.24, 2.45) is 0 Å². The van der Waals surface area contributed by atoms with E-state index >= 15 is 0 Å². The van der Waals surface area contributed by atoms with Crippen LogP contribution in [0.1, 0.15) is 27.7 Å². The molecule has 52 heavy (non-hydrogen) atoms. The third-order valence-electron chi connectivity index (χ3n) is 6.33. The first-order chi connectivity index (χ1) is 24.3. The number of aliphatic hydroxyl groups is 6. The van der Waals surface area contributed by atoms with Crippen molar-refractivity contribution in [3.63, 3.8) is 0 Å². The summed E-state index contributed by atoms with van der Waals surface area (Å²) in [5.74, 6) is -3.12. The van der Waals surface area contributed by atoms with E-state index in [4.69, 9.17) is 37.9 Å². The van der Waals surface area contributed by atoms with Crippen LogP contribution in [0.15, 0.2) is 48.6 Å². The van der Waals surface area contributed by atoms with Gasteiger partial charge in [-0.3, -0.25) is 0 Å². The third kappa shape index (κ3) is 21.1. The fourth-order valence-corrected chi connectivity index (χ4v) is 3.55. The zero-order valence-electron chi connectivity index (χ0n) is 30.1. The smallest absolute Gasteiger partial charge is 0.333 e. The Kier molecular flexibility index (Phi) is 24.4. The third-order valence-corrected chi connectivity index (χ3v) is 6.33. The Morgan fingerprint density at radius 1 is 0.462 bits per heavy atom. The topological polar surface area (TPSA) is 263 Å². The lowest BCUT2D eigenvalue weighted by Gasteiger charge is -2.36. The molecule has 8 unspecified atom stereocenters. The maximum absolute atomic E-state index is 11.8. The van der Waals surface area contributed by atoms with Crippen molar-refractivity contribution in [2.75, 3.05) is 66.1 Å². The van der Waals surface area contributed by atoms with Crippen LogP contribution >= 0.6 is 0 Å². The molecule has 0 rings (SSSR count). The molecule has 18 heteroatoms. The van der Waals surface area contributed by atoms with Crippen molar-refractivity contribution in [3.05, 3.63) is 48.6 Å². The molecule has 0 fully saturated rings. The highest BCUT2D eigenvalue weighted by molar-refractivity contribution is 5.88. The summed E-state index contributed by atoms with van der Waals surface area (Å²) < 4.78 is 42.7. The van der Waals surface area contributed by atoms with Gasteiger partial charge in [0.25, 0.3) is 0 Å². The molecular weight excluding hydrogens is 696 g/mol. The predicted octanol–water partition coefficient (Wildman–Crippen LogP) is -1.57. The van der Waals surface area contributed by atoms with Gasteiger partial charge in [0.2, 0.25) is 0 Å². The molecule has 0 amide bonds. The van der Waals surface area contributed by atoms with Crippen molar-refractivity contribution < 1.29 is 87.7 Å². The summed E-state index contributed by atoms with van der Waals surface area (Å²) in [6.07, 6.45) is -12.0. The molecule has 0 aromatic rings. The van der Waals surface area contributed by atoms with Crippen LogP contribution < -0.4 is 0 Å². The second kappa shape index (κ2) is 26.2. The van der Waals surface area contributed by atoms with E-state index in [0.29, 0.717) is 0 Å². The number of rotatable bonds is 29. The number of aliphatic hydroxyl groups excluding tert-OH is 6. The molecule has 0 bridgehead atoms. The Balaban J connectivity index is 6.31. The van der Waals surface area contributed by atoms with Crippen LogP contribution in [0.3, 0.4) is 0 Å². The highest BCUT2D eigenvalue weighted by Gasteiger charge is 2.38. The molecule has 0 aromatic carbocycles. The fourth-order valence-electron chi connectivity index (χ4n) is 3.55. The second-order valence-corrected chi connectivity index (χ2v) is 11.9. The standard InChI is InChI=1S/C34H54O18/c1-19(2)31(41)49-14-23(36)10-45-18-28(46-11-24(37)15-50-32(42)20(3)4)30(48-13-26(39)17-52-34(44)22(7)8)29(27(40)9-35)47-12-25(38)16-51-33(43)21(5)6/h23-30,35-40H,1,3,5,7,9-18H2,2,4,6,8H3. The summed E-state index contributed by atoms with van der Waals surface area (Å²) >= 11 is 0. The highest BCUT2D eigenvalue weighted by atomic mass is 16.6. The van der Waals surface area contributed by atoms with Gasteiger partial charge in [0, 0.05) is 22.3 Å². The first-order valence-electron chi connectivity index (χ1n) is 16.0. The van der Waals surface area contributed by atoms with Gasteiger partial charge in [-0.25, -0.2) is 19.2 Å². The molecule has 298 valence electrons. The van der Waals surface area contributed by atoms with Gasteiger partial charge in [-0.05, 0) is 27.7 Å². The number of hydrogen-bond donors (Lipinski definition) is 6. The van der Waals surface area contributed by atoms with Gasteiger partial charge in [-0.15, -0.1) is 0 Å². The predicted molar refractivity (Wildman–Crippen MR) is 180 cm³/mol. The molecule has 0 saturated heterocycles. The molecule has 0 spiro atoms. The second-order valence-electron chi connectivity index (χ2n) is 11.9. The van der Waals surface area contributed by atoms with Crippen LogP contribution in [-0.4, -0.2) is 169 Å². The lowest BCUT2D eigenvalue weighted by atomic mass is 10.0. The zero-order valence-corrected chi connectivity index (χ0v) is 30.1. The number of hydrogen-bond acceptors (Lipinski definition) is 18. The fraction of sp³-hybridized carbons (Fsp3) is 0.647. The molecule has 0 aliphatic carbocycles. The zero-order chi connectivity index (χ0) is 40.0. The van der Waals surface area contributed by atoms with E-state index in [0.717, 1.165) is 0 Å². The Hall–Kier alpha value is -3.56. The van der Waals surface area contributed by atoms with Gasteiger partial charge in [0.15, 0.2) is 0 Å². The van der Waals surface area contributed by atoms with E-state index < -0.39 is 139 Å². The van der Waals surface area contributed by atoms with E-state index in [1.54, 1.807) is 0 Å². The molecule has 0 saturated carbocycles. The van der Waals surface area contributed by atoms with Crippen molar-refractivity contribution in [2.45, 2.75) is 76.5 Å². The van der Waals surface area contributed by atoms with Crippen LogP contribution in [0.2, 0.25) is 0 Å². The monoisotopic (exact) mass is 750 g/mol. The van der Waals surface area contributed by atoms with E-state index in [9.17, 15) is 49.8 Å². The molecule has 0 aromatic heterocycles. The Morgan fingerprint density at radius 3 is 1.10 bits per heavy atom. The lowest BCUT2D eigenvalue weighted by molar-refractivity contribution is -0.206. The van der Waals surface area contributed by atoms with E-state index in [-0.39, 0.29) is 22.3 Å². The molecule has 0 aliphatic rings. The Bertz CT molecular complexity index is 1180. The van der Waals surface area contributed by atoms with Crippen molar-refractivity contribution in [3.8, 4) is 0 Å². The minimum atomic E-state index is -1.76. The van der Waals surface area contributed by atoms with Crippen molar-refractivity contribution in [1.82, 2.24) is 0 Å². The minimum absolute atomic E-state index is 0.0627. The van der Waals surface area contributed by atoms with Gasteiger partial charge in [0.1, 0.15) is 75.3 Å². The molecule has 0 heterocycles. The maximum atomic E-state index is 11.8. The molecule has 0 radical (unpaired) electrons. The van der Waals surface area contributed by atoms with Crippen LogP contribution in [0.25, 0.3) is 0 Å². The van der Waals surface area contributed by atoms with E-state index in [1.165, 1.54) is 27.7 Å². The average molecular weight is 751 g/mol. The SMILES string of the molecule is C=C(C)C(=O)OCC(O)COCC(OCC(O)COC(=O)C(=C)C)C(OCC(O)COC(=O)C(=C)C)C(OCC(O)COC(=O)C(=C)C)C(O)CO. The summed E-state index contributed by atoms with van der Waals surface area (Å²) in [6.45, 7) is 13.6. The molecule has 8 atom stereocenters. The first-order valence-corrected chi connectivity index (χ1v) is 16.0. The minimum Gasteiger partial charge on any atom is -0.460 e. The van der Waals surface area contributed by atoms with E-state index in [1.807, 2.05) is 0 Å². The molecular formula is C34H54O18.